The van der Waals surface area contributed by atoms with Crippen molar-refractivity contribution >= 4 is 11.6 Å². The Morgan fingerprint density at radius 1 is 0.788 bits per heavy atom. The third-order valence-corrected chi connectivity index (χ3v) is 9.35. The number of hydrogen-bond donors (Lipinski definition) is 0. The summed E-state index contributed by atoms with van der Waals surface area (Å²) in [5, 5.41) is 0. The van der Waals surface area contributed by atoms with E-state index in [2.05, 4.69) is 65.2 Å². The van der Waals surface area contributed by atoms with Crippen LogP contribution in [-0.2, 0) is 9.59 Å². The molecule has 4 fully saturated rings. The predicted octanol–water partition coefficient (Wildman–Crippen LogP) is 5.73. The Labute approximate surface area is 203 Å². The Kier molecular flexibility index (Phi) is 6.26. The van der Waals surface area contributed by atoms with Crippen LogP contribution in [0.1, 0.15) is 108 Å². The van der Waals surface area contributed by atoms with Crippen molar-refractivity contribution in [3.05, 3.63) is 0 Å². The molecule has 2 heterocycles. The maximum absolute atomic E-state index is 14.0. The van der Waals surface area contributed by atoms with Crippen molar-refractivity contribution in [3.8, 4) is 0 Å². The summed E-state index contributed by atoms with van der Waals surface area (Å²) in [4.78, 5) is 32.3. The molecule has 2 aliphatic carbocycles. The minimum absolute atomic E-state index is 0.0405. The molecule has 0 bridgehead atoms. The maximum Gasteiger partial charge on any atom is 0.155 e. The summed E-state index contributed by atoms with van der Waals surface area (Å²) in [6, 6.07) is 1.18. The molecule has 0 spiro atoms. The van der Waals surface area contributed by atoms with Crippen molar-refractivity contribution in [3.63, 3.8) is 0 Å². The molecule has 33 heavy (non-hydrogen) atoms. The summed E-state index contributed by atoms with van der Waals surface area (Å²) in [6.07, 6.45) is 6.69. The van der Waals surface area contributed by atoms with E-state index in [0.29, 0.717) is 35.5 Å². The molecule has 0 aromatic rings. The van der Waals surface area contributed by atoms with Crippen LogP contribution >= 0.6 is 0 Å². The monoisotopic (exact) mass is 458 g/mol. The SMILES string of the molecule is CC(C)C(=O)[C@@H]1C[C@H]2CCC(CC(C)(C)C(=O)[C@@H]3C[C@H]4CC4N3C(C)(C)C)[C@H]2N1C(C)(C)C. The lowest BCUT2D eigenvalue weighted by Crippen LogP contribution is -2.55. The van der Waals surface area contributed by atoms with E-state index in [9.17, 15) is 9.59 Å². The zero-order valence-corrected chi connectivity index (χ0v) is 23.1. The van der Waals surface area contributed by atoms with Gasteiger partial charge in [-0.1, -0.05) is 27.7 Å². The van der Waals surface area contributed by atoms with E-state index in [1.165, 1.54) is 19.3 Å². The molecule has 0 amide bonds. The molecule has 0 N–H and O–H groups in total. The van der Waals surface area contributed by atoms with Crippen LogP contribution in [0.3, 0.4) is 0 Å². The second-order valence-electron chi connectivity index (χ2n) is 14.8. The molecule has 4 aliphatic rings. The van der Waals surface area contributed by atoms with Crippen molar-refractivity contribution in [1.29, 1.82) is 0 Å². The molecule has 4 rings (SSSR count). The van der Waals surface area contributed by atoms with Gasteiger partial charge >= 0.3 is 0 Å². The van der Waals surface area contributed by atoms with E-state index in [-0.39, 0.29) is 34.5 Å². The molecule has 188 valence electrons. The number of fused-ring (bicyclic) bond motifs is 2. The van der Waals surface area contributed by atoms with Gasteiger partial charge in [-0.05, 0) is 97.8 Å². The highest BCUT2D eigenvalue weighted by molar-refractivity contribution is 5.90. The lowest BCUT2D eigenvalue weighted by molar-refractivity contribution is -0.136. The van der Waals surface area contributed by atoms with Crippen LogP contribution in [0.5, 0.6) is 0 Å². The van der Waals surface area contributed by atoms with Crippen molar-refractivity contribution in [1.82, 2.24) is 9.80 Å². The van der Waals surface area contributed by atoms with Gasteiger partial charge in [-0.3, -0.25) is 19.4 Å². The number of carbonyl (C=O) groups excluding carboxylic acids is 2. The number of Topliss-reactive ketones (excluding diaryl/α,β-unsaturated/α-hetero) is 2. The fourth-order valence-corrected chi connectivity index (χ4v) is 8.11. The highest BCUT2D eigenvalue weighted by Crippen LogP contribution is 2.54. The van der Waals surface area contributed by atoms with Crippen LogP contribution in [0.2, 0.25) is 0 Å². The number of ketones is 2. The van der Waals surface area contributed by atoms with Crippen LogP contribution < -0.4 is 0 Å². The topological polar surface area (TPSA) is 40.6 Å². The first-order valence-electron chi connectivity index (χ1n) is 13.7. The van der Waals surface area contributed by atoms with Crippen molar-refractivity contribution < 1.29 is 9.59 Å². The molecular weight excluding hydrogens is 408 g/mol. The Balaban J connectivity index is 1.53. The molecule has 4 nitrogen and oxygen atoms in total. The second-order valence-corrected chi connectivity index (χ2v) is 14.8. The van der Waals surface area contributed by atoms with Gasteiger partial charge in [-0.2, -0.15) is 0 Å². The summed E-state index contributed by atoms with van der Waals surface area (Å²) >= 11 is 0. The Morgan fingerprint density at radius 2 is 1.36 bits per heavy atom. The normalized spacial score (nSPS) is 37.5. The van der Waals surface area contributed by atoms with Crippen LogP contribution in [0.25, 0.3) is 0 Å². The highest BCUT2D eigenvalue weighted by atomic mass is 16.1. The fourth-order valence-electron chi connectivity index (χ4n) is 8.11. The quantitative estimate of drug-likeness (QED) is 0.510. The number of carbonyl (C=O) groups is 2. The summed E-state index contributed by atoms with van der Waals surface area (Å²) in [7, 11) is 0. The van der Waals surface area contributed by atoms with Crippen LogP contribution in [0.15, 0.2) is 0 Å². The first-order chi connectivity index (χ1) is 15.0. The molecular formula is C29H50N2O2. The molecule has 2 saturated carbocycles. The average Bonchev–Trinajstić information content (AvgIpc) is 3.02. The van der Waals surface area contributed by atoms with Gasteiger partial charge in [-0.25, -0.2) is 0 Å². The third-order valence-electron chi connectivity index (χ3n) is 9.35. The Hall–Kier alpha value is -0.740. The van der Waals surface area contributed by atoms with Gasteiger partial charge in [0.05, 0.1) is 12.1 Å². The summed E-state index contributed by atoms with van der Waals surface area (Å²) < 4.78 is 0. The lowest BCUT2D eigenvalue weighted by Gasteiger charge is -2.45. The van der Waals surface area contributed by atoms with E-state index in [4.69, 9.17) is 0 Å². The van der Waals surface area contributed by atoms with Gasteiger partial charge in [0.25, 0.3) is 0 Å². The summed E-state index contributed by atoms with van der Waals surface area (Å²) in [6.45, 7) is 22.1. The zero-order valence-electron chi connectivity index (χ0n) is 23.1. The van der Waals surface area contributed by atoms with Gasteiger partial charge in [-0.15, -0.1) is 0 Å². The largest absolute Gasteiger partial charge is 0.298 e. The molecule has 0 radical (unpaired) electrons. The van der Waals surface area contributed by atoms with E-state index in [1.807, 2.05) is 13.8 Å². The van der Waals surface area contributed by atoms with Crippen molar-refractivity contribution in [2.75, 3.05) is 0 Å². The summed E-state index contributed by atoms with van der Waals surface area (Å²) in [5.41, 5.74) is -0.320. The predicted molar refractivity (Wildman–Crippen MR) is 135 cm³/mol. The molecule has 2 unspecified atom stereocenters. The van der Waals surface area contributed by atoms with Gasteiger partial charge in [0.15, 0.2) is 11.6 Å². The fraction of sp³-hybridized carbons (Fsp3) is 0.931. The Bertz CT molecular complexity index is 786. The van der Waals surface area contributed by atoms with E-state index >= 15 is 0 Å². The van der Waals surface area contributed by atoms with Crippen LogP contribution in [0, 0.1) is 29.1 Å². The number of piperidine rings is 1. The van der Waals surface area contributed by atoms with Gasteiger partial charge in [0.1, 0.15) is 0 Å². The smallest absolute Gasteiger partial charge is 0.155 e. The number of hydrogen-bond acceptors (Lipinski definition) is 4. The summed E-state index contributed by atoms with van der Waals surface area (Å²) in [5.74, 6) is 2.77. The van der Waals surface area contributed by atoms with Crippen molar-refractivity contribution in [2.45, 2.75) is 143 Å². The number of nitrogens with zero attached hydrogens (tertiary/aromatic N) is 2. The van der Waals surface area contributed by atoms with E-state index in [0.717, 1.165) is 25.2 Å². The number of likely N-dealkylation sites (tertiary alicyclic amines) is 2. The third kappa shape index (κ3) is 4.48. The Morgan fingerprint density at radius 3 is 1.91 bits per heavy atom. The standard InChI is InChI=1S/C29H50N2O2/c1-17(2)25(32)22-13-18-11-12-19(24(18)31(22)28(6,7)8)16-29(9,10)26(33)23-15-20-14-21(20)30(23)27(3,4)5/h17-24H,11-16H2,1-10H3/t18-,19?,20-,21?,22+,23+,24+/m1/s1. The van der Waals surface area contributed by atoms with Crippen LogP contribution in [-0.4, -0.2) is 56.6 Å². The van der Waals surface area contributed by atoms with E-state index in [1.54, 1.807) is 0 Å². The molecule has 2 aliphatic heterocycles. The van der Waals surface area contributed by atoms with Gasteiger partial charge in [0.2, 0.25) is 0 Å². The second kappa shape index (κ2) is 8.15. The molecule has 7 atom stereocenters. The minimum atomic E-state index is -0.325. The van der Waals surface area contributed by atoms with Gasteiger partial charge in [0, 0.05) is 34.5 Å². The lowest BCUT2D eigenvalue weighted by atomic mass is 9.74. The van der Waals surface area contributed by atoms with Crippen LogP contribution in [0.4, 0.5) is 0 Å². The molecule has 2 saturated heterocycles. The van der Waals surface area contributed by atoms with Crippen molar-refractivity contribution in [2.24, 2.45) is 29.1 Å². The minimum Gasteiger partial charge on any atom is -0.298 e. The maximum atomic E-state index is 14.0. The van der Waals surface area contributed by atoms with E-state index < -0.39 is 0 Å². The molecule has 0 aromatic heterocycles. The number of rotatable bonds is 6. The molecule has 4 heteroatoms. The highest BCUT2D eigenvalue weighted by Gasteiger charge is 2.59. The first kappa shape index (κ1) is 25.4. The zero-order chi connectivity index (χ0) is 24.7. The first-order valence-corrected chi connectivity index (χ1v) is 13.7. The average molecular weight is 459 g/mol. The van der Waals surface area contributed by atoms with Gasteiger partial charge < -0.3 is 0 Å². The molecule has 0 aromatic carbocycles.